The number of hydrogen-bond acceptors (Lipinski definition) is 2. The molecule has 0 N–H and O–H groups in total. The molecule has 1 aromatic rings. The normalized spacial score (nSPS) is 10.2. The van der Waals surface area contributed by atoms with Gasteiger partial charge < -0.3 is 4.74 Å². The Balaban J connectivity index is 3.00. The fourth-order valence-electron chi connectivity index (χ4n) is 0.931. The van der Waals surface area contributed by atoms with Crippen LogP contribution in [0.3, 0.4) is 0 Å². The van der Waals surface area contributed by atoms with Gasteiger partial charge in [-0.15, -0.1) is 11.6 Å². The molecule has 66 valence electrons. The fourth-order valence-corrected chi connectivity index (χ4v) is 1.56. The fraction of sp³-hybridized carbons (Fsp3) is 0.375. The van der Waals surface area contributed by atoms with E-state index in [0.29, 0.717) is 17.5 Å². The van der Waals surface area contributed by atoms with Crippen LogP contribution in [0.1, 0.15) is 11.1 Å². The van der Waals surface area contributed by atoms with Crippen molar-refractivity contribution in [2.24, 2.45) is 0 Å². The lowest BCUT2D eigenvalue weighted by atomic mass is 10.2. The van der Waals surface area contributed by atoms with Crippen molar-refractivity contribution in [2.45, 2.75) is 12.5 Å². The Morgan fingerprint density at radius 1 is 1.50 bits per heavy atom. The summed E-state index contributed by atoms with van der Waals surface area (Å²) in [5, 5.41) is 0.597. The highest BCUT2D eigenvalue weighted by atomic mass is 35.5. The SMILES string of the molecule is COCc1cncc(Cl)c1CCl. The van der Waals surface area contributed by atoms with E-state index in [-0.39, 0.29) is 0 Å². The largest absolute Gasteiger partial charge is 0.380 e. The van der Waals surface area contributed by atoms with Gasteiger partial charge in [-0.3, -0.25) is 4.98 Å². The van der Waals surface area contributed by atoms with Gasteiger partial charge in [0.25, 0.3) is 0 Å². The van der Waals surface area contributed by atoms with Crippen LogP contribution in [-0.2, 0) is 17.2 Å². The van der Waals surface area contributed by atoms with E-state index in [2.05, 4.69) is 4.98 Å². The molecule has 0 saturated carbocycles. The Labute approximate surface area is 81.5 Å². The third-order valence-electron chi connectivity index (χ3n) is 1.53. The van der Waals surface area contributed by atoms with E-state index in [9.17, 15) is 0 Å². The maximum Gasteiger partial charge on any atom is 0.0731 e. The van der Waals surface area contributed by atoms with Crippen LogP contribution >= 0.6 is 23.2 Å². The summed E-state index contributed by atoms with van der Waals surface area (Å²) >= 11 is 11.6. The monoisotopic (exact) mass is 205 g/mol. The summed E-state index contributed by atoms with van der Waals surface area (Å²) < 4.78 is 4.97. The predicted molar refractivity (Wildman–Crippen MR) is 49.5 cm³/mol. The molecule has 0 radical (unpaired) electrons. The molecule has 0 aromatic carbocycles. The molecule has 0 atom stereocenters. The Kier molecular flexibility index (Phi) is 3.79. The second-order valence-corrected chi connectivity index (χ2v) is 3.00. The van der Waals surface area contributed by atoms with Crippen molar-refractivity contribution >= 4 is 23.2 Å². The average molecular weight is 206 g/mol. The average Bonchev–Trinajstić information content (AvgIpc) is 2.05. The van der Waals surface area contributed by atoms with E-state index in [1.54, 1.807) is 19.5 Å². The second kappa shape index (κ2) is 4.65. The van der Waals surface area contributed by atoms with Gasteiger partial charge in [0.05, 0.1) is 11.6 Å². The van der Waals surface area contributed by atoms with Gasteiger partial charge in [0.2, 0.25) is 0 Å². The maximum absolute atomic E-state index is 5.86. The van der Waals surface area contributed by atoms with Crippen molar-refractivity contribution < 1.29 is 4.74 Å². The first kappa shape index (κ1) is 9.78. The first-order valence-corrected chi connectivity index (χ1v) is 4.37. The Morgan fingerprint density at radius 2 is 2.25 bits per heavy atom. The molecule has 0 saturated heterocycles. The van der Waals surface area contributed by atoms with Crippen molar-refractivity contribution in [1.82, 2.24) is 4.98 Å². The van der Waals surface area contributed by atoms with Crippen LogP contribution in [0.25, 0.3) is 0 Å². The molecule has 1 aromatic heterocycles. The number of nitrogens with zero attached hydrogens (tertiary/aromatic N) is 1. The van der Waals surface area contributed by atoms with Gasteiger partial charge in [0.15, 0.2) is 0 Å². The van der Waals surface area contributed by atoms with Crippen LogP contribution in [0.2, 0.25) is 5.02 Å². The summed E-state index contributed by atoms with van der Waals surface area (Å²) in [6, 6.07) is 0. The summed E-state index contributed by atoms with van der Waals surface area (Å²) in [6.45, 7) is 0.496. The molecule has 0 aliphatic rings. The molecule has 0 aliphatic carbocycles. The number of pyridine rings is 1. The Hall–Kier alpha value is -0.310. The third-order valence-corrected chi connectivity index (χ3v) is 2.12. The van der Waals surface area contributed by atoms with Gasteiger partial charge in [-0.2, -0.15) is 0 Å². The first-order chi connectivity index (χ1) is 5.79. The summed E-state index contributed by atoms with van der Waals surface area (Å²) in [5.74, 6) is 0.389. The van der Waals surface area contributed by atoms with E-state index in [0.717, 1.165) is 11.1 Å². The Morgan fingerprint density at radius 3 is 2.83 bits per heavy atom. The lowest BCUT2D eigenvalue weighted by Crippen LogP contribution is -1.95. The van der Waals surface area contributed by atoms with Crippen molar-refractivity contribution in [3.63, 3.8) is 0 Å². The minimum atomic E-state index is 0.389. The molecular weight excluding hydrogens is 197 g/mol. The molecule has 0 aliphatic heterocycles. The molecule has 2 nitrogen and oxygen atoms in total. The second-order valence-electron chi connectivity index (χ2n) is 2.33. The summed E-state index contributed by atoms with van der Waals surface area (Å²) in [6.07, 6.45) is 3.30. The van der Waals surface area contributed by atoms with Crippen molar-refractivity contribution in [2.75, 3.05) is 7.11 Å². The highest BCUT2D eigenvalue weighted by molar-refractivity contribution is 6.32. The van der Waals surface area contributed by atoms with Crippen LogP contribution < -0.4 is 0 Å². The zero-order valence-electron chi connectivity index (χ0n) is 6.68. The standard InChI is InChI=1S/C8H9Cl2NO/c1-12-5-6-3-11-4-8(10)7(6)2-9/h3-4H,2,5H2,1H3. The molecular formula is C8H9Cl2NO. The van der Waals surface area contributed by atoms with Crippen LogP contribution in [0.5, 0.6) is 0 Å². The molecule has 0 amide bonds. The van der Waals surface area contributed by atoms with Crippen molar-refractivity contribution in [3.05, 3.63) is 28.5 Å². The molecule has 0 spiro atoms. The highest BCUT2D eigenvalue weighted by Gasteiger charge is 2.05. The number of ether oxygens (including phenoxy) is 1. The van der Waals surface area contributed by atoms with Gasteiger partial charge in [-0.25, -0.2) is 0 Å². The first-order valence-electron chi connectivity index (χ1n) is 3.45. The molecule has 1 heterocycles. The molecule has 4 heteroatoms. The number of alkyl halides is 1. The topological polar surface area (TPSA) is 22.1 Å². The van der Waals surface area contributed by atoms with Gasteiger partial charge in [-0.05, 0) is 5.56 Å². The van der Waals surface area contributed by atoms with Gasteiger partial charge in [0, 0.05) is 30.9 Å². The van der Waals surface area contributed by atoms with Crippen LogP contribution in [0.15, 0.2) is 12.4 Å². The van der Waals surface area contributed by atoms with Gasteiger partial charge in [-0.1, -0.05) is 11.6 Å². The lowest BCUT2D eigenvalue weighted by Gasteiger charge is -2.06. The zero-order chi connectivity index (χ0) is 8.97. The van der Waals surface area contributed by atoms with Crippen LogP contribution in [-0.4, -0.2) is 12.1 Å². The summed E-state index contributed by atoms with van der Waals surface area (Å²) in [5.41, 5.74) is 1.84. The van der Waals surface area contributed by atoms with E-state index >= 15 is 0 Å². The molecule has 0 bridgehead atoms. The van der Waals surface area contributed by atoms with E-state index < -0.39 is 0 Å². The van der Waals surface area contributed by atoms with E-state index in [1.165, 1.54) is 0 Å². The van der Waals surface area contributed by atoms with Crippen LogP contribution in [0, 0.1) is 0 Å². The zero-order valence-corrected chi connectivity index (χ0v) is 8.19. The smallest absolute Gasteiger partial charge is 0.0731 e. The maximum atomic E-state index is 5.86. The minimum Gasteiger partial charge on any atom is -0.380 e. The molecule has 0 unspecified atom stereocenters. The lowest BCUT2D eigenvalue weighted by molar-refractivity contribution is 0.184. The van der Waals surface area contributed by atoms with Gasteiger partial charge in [0.1, 0.15) is 0 Å². The molecule has 1 rings (SSSR count). The number of rotatable bonds is 3. The number of halogens is 2. The summed E-state index contributed by atoms with van der Waals surface area (Å²) in [7, 11) is 1.62. The molecule has 12 heavy (non-hydrogen) atoms. The highest BCUT2D eigenvalue weighted by Crippen LogP contribution is 2.20. The number of methoxy groups -OCH3 is 1. The molecule has 0 fully saturated rings. The minimum absolute atomic E-state index is 0.389. The van der Waals surface area contributed by atoms with E-state index in [1.807, 2.05) is 0 Å². The van der Waals surface area contributed by atoms with E-state index in [4.69, 9.17) is 27.9 Å². The van der Waals surface area contributed by atoms with Crippen molar-refractivity contribution in [1.29, 1.82) is 0 Å². The quantitative estimate of drug-likeness (QED) is 0.709. The van der Waals surface area contributed by atoms with Crippen LogP contribution in [0.4, 0.5) is 0 Å². The number of aromatic nitrogens is 1. The van der Waals surface area contributed by atoms with Crippen molar-refractivity contribution in [3.8, 4) is 0 Å². The summed E-state index contributed by atoms with van der Waals surface area (Å²) in [4.78, 5) is 3.94. The number of hydrogen-bond donors (Lipinski definition) is 0. The predicted octanol–water partition coefficient (Wildman–Crippen LogP) is 2.62. The Bertz CT molecular complexity index is 265. The third kappa shape index (κ3) is 2.09. The van der Waals surface area contributed by atoms with Gasteiger partial charge >= 0.3 is 0 Å².